The Labute approximate surface area is 120 Å². The van der Waals surface area contributed by atoms with Crippen molar-refractivity contribution in [2.75, 3.05) is 11.9 Å². The van der Waals surface area contributed by atoms with Gasteiger partial charge in [0.1, 0.15) is 0 Å². The number of hydrogen-bond acceptors (Lipinski definition) is 3. The first-order chi connectivity index (χ1) is 9.28. The number of carbonyl (C=O) groups excluding carboxylic acids is 2. The van der Waals surface area contributed by atoms with E-state index in [0.29, 0.717) is 6.54 Å². The van der Waals surface area contributed by atoms with Crippen LogP contribution in [0.2, 0.25) is 0 Å². The molecular weight excluding hydrogens is 254 g/mol. The number of para-hydroxylation sites is 1. The number of hydrogen-bond donors (Lipinski definition) is 3. The molecule has 1 aromatic carbocycles. The standard InChI is InChI=1S/C15H23N3O2/c1-11(19)17-13-8-6-5-7-12(13)9-16-10-14(20)18-15(2,3)4/h5-8,16H,9-10H2,1-4H3,(H,17,19)(H,18,20). The molecule has 110 valence electrons. The van der Waals surface area contributed by atoms with Gasteiger partial charge in [0.25, 0.3) is 0 Å². The molecule has 0 aliphatic heterocycles. The van der Waals surface area contributed by atoms with Crippen molar-refractivity contribution in [2.24, 2.45) is 0 Å². The van der Waals surface area contributed by atoms with Crippen molar-refractivity contribution in [1.82, 2.24) is 10.6 Å². The fourth-order valence-electron chi connectivity index (χ4n) is 1.76. The third kappa shape index (κ3) is 6.33. The molecule has 2 amide bonds. The molecule has 1 aromatic rings. The fourth-order valence-corrected chi connectivity index (χ4v) is 1.76. The van der Waals surface area contributed by atoms with Crippen LogP contribution in [0.25, 0.3) is 0 Å². The van der Waals surface area contributed by atoms with Gasteiger partial charge in [-0.1, -0.05) is 18.2 Å². The Morgan fingerprint density at radius 1 is 1.15 bits per heavy atom. The molecule has 0 heterocycles. The number of benzene rings is 1. The van der Waals surface area contributed by atoms with E-state index in [1.54, 1.807) is 0 Å². The Morgan fingerprint density at radius 3 is 2.40 bits per heavy atom. The first-order valence-corrected chi connectivity index (χ1v) is 6.65. The largest absolute Gasteiger partial charge is 0.350 e. The van der Waals surface area contributed by atoms with E-state index >= 15 is 0 Å². The fraction of sp³-hybridized carbons (Fsp3) is 0.467. The van der Waals surface area contributed by atoms with E-state index in [9.17, 15) is 9.59 Å². The molecule has 0 spiro atoms. The Balaban J connectivity index is 2.50. The summed E-state index contributed by atoms with van der Waals surface area (Å²) in [4.78, 5) is 22.8. The molecule has 0 unspecified atom stereocenters. The lowest BCUT2D eigenvalue weighted by atomic mass is 10.1. The van der Waals surface area contributed by atoms with E-state index < -0.39 is 0 Å². The topological polar surface area (TPSA) is 70.2 Å². The van der Waals surface area contributed by atoms with Gasteiger partial charge in [-0.05, 0) is 32.4 Å². The van der Waals surface area contributed by atoms with Gasteiger partial charge in [-0.25, -0.2) is 0 Å². The third-order valence-electron chi connectivity index (χ3n) is 2.44. The van der Waals surface area contributed by atoms with Crippen LogP contribution in [0.1, 0.15) is 33.3 Å². The van der Waals surface area contributed by atoms with Gasteiger partial charge in [0, 0.05) is 24.7 Å². The molecule has 1 rings (SSSR count). The van der Waals surface area contributed by atoms with Crippen molar-refractivity contribution in [3.63, 3.8) is 0 Å². The number of carbonyl (C=O) groups is 2. The molecule has 0 atom stereocenters. The predicted molar refractivity (Wildman–Crippen MR) is 80.3 cm³/mol. The van der Waals surface area contributed by atoms with Crippen molar-refractivity contribution >= 4 is 17.5 Å². The van der Waals surface area contributed by atoms with Crippen LogP contribution in [-0.2, 0) is 16.1 Å². The van der Waals surface area contributed by atoms with Crippen LogP contribution in [0, 0.1) is 0 Å². The summed E-state index contributed by atoms with van der Waals surface area (Å²) in [6, 6.07) is 7.52. The zero-order valence-corrected chi connectivity index (χ0v) is 12.5. The lowest BCUT2D eigenvalue weighted by molar-refractivity contribution is -0.121. The van der Waals surface area contributed by atoms with Gasteiger partial charge < -0.3 is 16.0 Å². The van der Waals surface area contributed by atoms with E-state index in [1.165, 1.54) is 6.92 Å². The molecule has 0 aliphatic rings. The molecule has 20 heavy (non-hydrogen) atoms. The molecule has 0 radical (unpaired) electrons. The summed E-state index contributed by atoms with van der Waals surface area (Å²) in [5.74, 6) is -0.155. The molecule has 0 fully saturated rings. The summed E-state index contributed by atoms with van der Waals surface area (Å²) in [5, 5.41) is 8.73. The van der Waals surface area contributed by atoms with Crippen LogP contribution < -0.4 is 16.0 Å². The van der Waals surface area contributed by atoms with Crippen molar-refractivity contribution in [1.29, 1.82) is 0 Å². The van der Waals surface area contributed by atoms with E-state index in [0.717, 1.165) is 11.3 Å². The molecule has 5 heteroatoms. The summed E-state index contributed by atoms with van der Waals surface area (Å²) in [5.41, 5.74) is 1.49. The monoisotopic (exact) mass is 277 g/mol. The highest BCUT2D eigenvalue weighted by molar-refractivity contribution is 5.89. The second-order valence-corrected chi connectivity index (χ2v) is 5.74. The number of anilines is 1. The average molecular weight is 277 g/mol. The van der Waals surface area contributed by atoms with Crippen LogP contribution in [0.15, 0.2) is 24.3 Å². The summed E-state index contributed by atoms with van der Waals surface area (Å²) >= 11 is 0. The van der Waals surface area contributed by atoms with E-state index in [4.69, 9.17) is 0 Å². The van der Waals surface area contributed by atoms with Crippen LogP contribution in [-0.4, -0.2) is 23.9 Å². The van der Waals surface area contributed by atoms with Crippen LogP contribution in [0.4, 0.5) is 5.69 Å². The smallest absolute Gasteiger partial charge is 0.234 e. The third-order valence-corrected chi connectivity index (χ3v) is 2.44. The molecule has 0 saturated heterocycles. The highest BCUT2D eigenvalue weighted by Gasteiger charge is 2.13. The van der Waals surface area contributed by atoms with Crippen molar-refractivity contribution < 1.29 is 9.59 Å². The zero-order valence-electron chi connectivity index (χ0n) is 12.5. The van der Waals surface area contributed by atoms with E-state index in [1.807, 2.05) is 45.0 Å². The van der Waals surface area contributed by atoms with Gasteiger partial charge in [-0.15, -0.1) is 0 Å². The number of nitrogens with one attached hydrogen (secondary N) is 3. The number of rotatable bonds is 5. The summed E-state index contributed by atoms with van der Waals surface area (Å²) in [6.07, 6.45) is 0. The summed E-state index contributed by atoms with van der Waals surface area (Å²) < 4.78 is 0. The SMILES string of the molecule is CC(=O)Nc1ccccc1CNCC(=O)NC(C)(C)C. The Bertz CT molecular complexity index is 478. The zero-order chi connectivity index (χ0) is 15.2. The molecule has 0 aromatic heterocycles. The molecular formula is C15H23N3O2. The van der Waals surface area contributed by atoms with Gasteiger partial charge >= 0.3 is 0 Å². The maximum atomic E-state index is 11.7. The van der Waals surface area contributed by atoms with Gasteiger partial charge in [-0.3, -0.25) is 9.59 Å². The quantitative estimate of drug-likeness (QED) is 0.766. The predicted octanol–water partition coefficient (Wildman–Crippen LogP) is 1.65. The molecule has 5 nitrogen and oxygen atoms in total. The Kier molecular flexibility index (Phi) is 5.70. The summed E-state index contributed by atoms with van der Waals surface area (Å²) in [7, 11) is 0. The van der Waals surface area contributed by atoms with Gasteiger partial charge in [0.15, 0.2) is 0 Å². The lowest BCUT2D eigenvalue weighted by Gasteiger charge is -2.20. The van der Waals surface area contributed by atoms with Crippen LogP contribution in [0.5, 0.6) is 0 Å². The average Bonchev–Trinajstić information content (AvgIpc) is 2.28. The Hall–Kier alpha value is -1.88. The highest BCUT2D eigenvalue weighted by atomic mass is 16.2. The van der Waals surface area contributed by atoms with Gasteiger partial charge in [0.2, 0.25) is 11.8 Å². The van der Waals surface area contributed by atoms with Crippen molar-refractivity contribution in [2.45, 2.75) is 39.8 Å². The normalized spacial score (nSPS) is 11.0. The first kappa shape index (κ1) is 16.2. The van der Waals surface area contributed by atoms with Crippen LogP contribution in [0.3, 0.4) is 0 Å². The van der Waals surface area contributed by atoms with Crippen molar-refractivity contribution in [3.8, 4) is 0 Å². The Morgan fingerprint density at radius 2 is 1.80 bits per heavy atom. The first-order valence-electron chi connectivity index (χ1n) is 6.65. The van der Waals surface area contributed by atoms with Gasteiger partial charge in [0.05, 0.1) is 6.54 Å². The molecule has 3 N–H and O–H groups in total. The van der Waals surface area contributed by atoms with Crippen molar-refractivity contribution in [3.05, 3.63) is 29.8 Å². The molecule has 0 bridgehead atoms. The molecule has 0 aliphatic carbocycles. The minimum atomic E-state index is -0.229. The van der Waals surface area contributed by atoms with Gasteiger partial charge in [-0.2, -0.15) is 0 Å². The van der Waals surface area contributed by atoms with Crippen LogP contribution >= 0.6 is 0 Å². The number of amides is 2. The minimum absolute atomic E-state index is 0.0468. The van der Waals surface area contributed by atoms with E-state index in [-0.39, 0.29) is 23.9 Å². The second-order valence-electron chi connectivity index (χ2n) is 5.74. The molecule has 0 saturated carbocycles. The van der Waals surface area contributed by atoms with E-state index in [2.05, 4.69) is 16.0 Å². The maximum Gasteiger partial charge on any atom is 0.234 e. The highest BCUT2D eigenvalue weighted by Crippen LogP contribution is 2.14. The minimum Gasteiger partial charge on any atom is -0.350 e. The maximum absolute atomic E-state index is 11.7. The summed E-state index contributed by atoms with van der Waals surface area (Å²) in [6.45, 7) is 8.06. The second kappa shape index (κ2) is 7.05. The lowest BCUT2D eigenvalue weighted by Crippen LogP contribution is -2.44.